The van der Waals surface area contributed by atoms with Crippen LogP contribution in [0.3, 0.4) is 0 Å². The van der Waals surface area contributed by atoms with E-state index in [-0.39, 0.29) is 16.8 Å². The molecule has 116 valence electrons. The normalized spacial score (nSPS) is 14.0. The van der Waals surface area contributed by atoms with Gasteiger partial charge in [0.1, 0.15) is 5.69 Å². The third-order valence-electron chi connectivity index (χ3n) is 3.65. The molecule has 22 heavy (non-hydrogen) atoms. The van der Waals surface area contributed by atoms with Crippen molar-refractivity contribution in [1.82, 2.24) is 9.78 Å². The molecule has 2 aromatic rings. The van der Waals surface area contributed by atoms with Crippen molar-refractivity contribution in [2.45, 2.75) is 25.6 Å². The molecule has 1 aliphatic rings. The van der Waals surface area contributed by atoms with Crippen LogP contribution < -0.4 is 10.9 Å². The van der Waals surface area contributed by atoms with Crippen LogP contribution in [-0.2, 0) is 6.42 Å². The second kappa shape index (κ2) is 5.85. The molecule has 0 aliphatic carbocycles. The maximum atomic E-state index is 12.7. The van der Waals surface area contributed by atoms with E-state index in [4.69, 9.17) is 11.6 Å². The Morgan fingerprint density at radius 2 is 2.32 bits per heavy atom. The first-order valence-corrected chi connectivity index (χ1v) is 8.45. The molecule has 1 unspecified atom stereocenters. The van der Waals surface area contributed by atoms with Crippen LogP contribution in [0.2, 0.25) is 5.02 Å². The lowest BCUT2D eigenvalue weighted by molar-refractivity contribution is 0.420. The van der Waals surface area contributed by atoms with Crippen molar-refractivity contribution in [3.8, 4) is 5.88 Å². The van der Waals surface area contributed by atoms with E-state index in [0.717, 1.165) is 17.0 Å². The molecule has 2 N–H and O–H groups in total. The largest absolute Gasteiger partial charge is 0.491 e. The van der Waals surface area contributed by atoms with Crippen LogP contribution >= 0.6 is 23.4 Å². The first-order valence-electron chi connectivity index (χ1n) is 7.03. The highest BCUT2D eigenvalue weighted by Gasteiger charge is 2.25. The minimum atomic E-state index is -0.172. The zero-order chi connectivity index (χ0) is 15.9. The molecule has 5 nitrogen and oxygen atoms in total. The summed E-state index contributed by atoms with van der Waals surface area (Å²) in [5.74, 6) is 0.705. The molecule has 1 atom stereocenters. The van der Waals surface area contributed by atoms with Crippen molar-refractivity contribution in [2.24, 2.45) is 0 Å². The van der Waals surface area contributed by atoms with Crippen molar-refractivity contribution in [3.05, 3.63) is 44.7 Å². The molecular weight excluding hydrogens is 322 g/mol. The van der Waals surface area contributed by atoms with E-state index in [2.05, 4.69) is 10.4 Å². The molecule has 3 rings (SSSR count). The standard InChI is InChI=1S/C15H16ClN3O2S/c1-3-22-8(2)19-15(21)11-6-9-4-5-10(16)7-12(9)17-13(11)14(20)18-19/h4-5,7-8,17H,3,6H2,1-2H3,(H,18,20). The van der Waals surface area contributed by atoms with Gasteiger partial charge in [-0.25, -0.2) is 4.68 Å². The third-order valence-corrected chi connectivity index (χ3v) is 4.90. The molecule has 0 spiro atoms. The lowest BCUT2D eigenvalue weighted by atomic mass is 9.99. The van der Waals surface area contributed by atoms with E-state index < -0.39 is 0 Å². The van der Waals surface area contributed by atoms with E-state index in [1.807, 2.05) is 19.9 Å². The quantitative estimate of drug-likeness (QED) is 0.765. The summed E-state index contributed by atoms with van der Waals surface area (Å²) in [6.45, 7) is 3.92. The summed E-state index contributed by atoms with van der Waals surface area (Å²) in [5, 5.41) is 17.8. The van der Waals surface area contributed by atoms with Crippen LogP contribution in [0.25, 0.3) is 0 Å². The minimum absolute atomic E-state index is 0.125. The molecule has 0 saturated heterocycles. The molecule has 0 fully saturated rings. The summed E-state index contributed by atoms with van der Waals surface area (Å²) in [6.07, 6.45) is 0.452. The highest BCUT2D eigenvalue weighted by molar-refractivity contribution is 7.99. The summed E-state index contributed by atoms with van der Waals surface area (Å²) in [6, 6.07) is 5.46. The number of halogens is 1. The Morgan fingerprint density at radius 3 is 3.05 bits per heavy atom. The first-order chi connectivity index (χ1) is 10.5. The van der Waals surface area contributed by atoms with E-state index in [1.165, 1.54) is 4.68 Å². The Balaban J connectivity index is 2.10. The highest BCUT2D eigenvalue weighted by Crippen LogP contribution is 2.37. The van der Waals surface area contributed by atoms with Crippen LogP contribution in [0.5, 0.6) is 5.88 Å². The molecule has 1 aromatic heterocycles. The Morgan fingerprint density at radius 1 is 1.55 bits per heavy atom. The molecule has 0 bridgehead atoms. The fourth-order valence-electron chi connectivity index (χ4n) is 2.58. The SMILES string of the molecule is CCSC(C)n1nc(O)c2c(c1=O)Cc1ccc(Cl)cc1N2. The Labute approximate surface area is 137 Å². The van der Waals surface area contributed by atoms with Gasteiger partial charge in [-0.2, -0.15) is 0 Å². The van der Waals surface area contributed by atoms with Crippen LogP contribution in [0, 0.1) is 0 Å². The smallest absolute Gasteiger partial charge is 0.273 e. The summed E-state index contributed by atoms with van der Waals surface area (Å²) < 4.78 is 1.35. The molecule has 2 heterocycles. The van der Waals surface area contributed by atoms with Crippen molar-refractivity contribution in [2.75, 3.05) is 11.1 Å². The number of thioether (sulfide) groups is 1. The van der Waals surface area contributed by atoms with Gasteiger partial charge in [-0.15, -0.1) is 16.9 Å². The topological polar surface area (TPSA) is 67.1 Å². The summed E-state index contributed by atoms with van der Waals surface area (Å²) in [7, 11) is 0. The van der Waals surface area contributed by atoms with Crippen LogP contribution in [0.15, 0.2) is 23.0 Å². The molecule has 1 aliphatic heterocycles. The maximum absolute atomic E-state index is 12.7. The number of hydrogen-bond acceptors (Lipinski definition) is 5. The van der Waals surface area contributed by atoms with E-state index in [0.29, 0.717) is 22.7 Å². The van der Waals surface area contributed by atoms with Crippen LogP contribution in [-0.4, -0.2) is 20.6 Å². The van der Waals surface area contributed by atoms with Crippen molar-refractivity contribution >= 4 is 34.7 Å². The number of hydrogen-bond donors (Lipinski definition) is 2. The number of rotatable bonds is 3. The van der Waals surface area contributed by atoms with Crippen molar-refractivity contribution in [3.63, 3.8) is 0 Å². The molecule has 0 radical (unpaired) electrons. The predicted octanol–water partition coefficient (Wildman–Crippen LogP) is 3.52. The molecule has 7 heteroatoms. The van der Waals surface area contributed by atoms with Gasteiger partial charge >= 0.3 is 0 Å². The number of benzene rings is 1. The molecule has 0 saturated carbocycles. The zero-order valence-corrected chi connectivity index (χ0v) is 13.8. The van der Waals surface area contributed by atoms with Gasteiger partial charge in [-0.3, -0.25) is 4.79 Å². The minimum Gasteiger partial charge on any atom is -0.491 e. The number of anilines is 2. The average molecular weight is 338 g/mol. The van der Waals surface area contributed by atoms with Gasteiger partial charge in [0.2, 0.25) is 0 Å². The van der Waals surface area contributed by atoms with Gasteiger partial charge in [-0.05, 0) is 30.4 Å². The highest BCUT2D eigenvalue weighted by atomic mass is 35.5. The Hall–Kier alpha value is -1.66. The zero-order valence-electron chi connectivity index (χ0n) is 12.3. The number of nitrogens with zero attached hydrogens (tertiary/aromatic N) is 2. The lowest BCUT2D eigenvalue weighted by Crippen LogP contribution is -2.30. The van der Waals surface area contributed by atoms with E-state index in [9.17, 15) is 9.90 Å². The number of fused-ring (bicyclic) bond motifs is 2. The second-order valence-corrected chi connectivity index (χ2v) is 7.11. The van der Waals surface area contributed by atoms with Gasteiger partial charge in [-0.1, -0.05) is 24.6 Å². The van der Waals surface area contributed by atoms with Gasteiger partial charge in [0.05, 0.1) is 10.9 Å². The average Bonchev–Trinajstić information content (AvgIpc) is 2.49. The predicted molar refractivity (Wildman–Crippen MR) is 90.5 cm³/mol. The van der Waals surface area contributed by atoms with E-state index in [1.54, 1.807) is 23.9 Å². The Bertz CT molecular complexity index is 791. The van der Waals surface area contributed by atoms with E-state index >= 15 is 0 Å². The van der Waals surface area contributed by atoms with Gasteiger partial charge < -0.3 is 10.4 Å². The summed E-state index contributed by atoms with van der Waals surface area (Å²) in [4.78, 5) is 12.7. The first kappa shape index (κ1) is 15.2. The number of nitrogens with one attached hydrogen (secondary N) is 1. The third kappa shape index (κ3) is 2.57. The number of aromatic nitrogens is 2. The lowest BCUT2D eigenvalue weighted by Gasteiger charge is -2.23. The fraction of sp³-hybridized carbons (Fsp3) is 0.333. The van der Waals surface area contributed by atoms with Gasteiger partial charge in [0, 0.05) is 17.1 Å². The van der Waals surface area contributed by atoms with Crippen LogP contribution in [0.4, 0.5) is 11.4 Å². The summed E-state index contributed by atoms with van der Waals surface area (Å²) >= 11 is 7.59. The number of aromatic hydroxyl groups is 1. The Kier molecular flexibility index (Phi) is 4.06. The monoisotopic (exact) mass is 337 g/mol. The maximum Gasteiger partial charge on any atom is 0.273 e. The van der Waals surface area contributed by atoms with Gasteiger partial charge in [0.25, 0.3) is 11.4 Å². The van der Waals surface area contributed by atoms with Crippen molar-refractivity contribution < 1.29 is 5.11 Å². The molecular formula is C15H16ClN3O2S. The van der Waals surface area contributed by atoms with Crippen LogP contribution in [0.1, 0.15) is 30.3 Å². The fourth-order valence-corrected chi connectivity index (χ4v) is 3.51. The van der Waals surface area contributed by atoms with Crippen molar-refractivity contribution in [1.29, 1.82) is 0 Å². The van der Waals surface area contributed by atoms with Gasteiger partial charge in [0.15, 0.2) is 0 Å². The second-order valence-electron chi connectivity index (χ2n) is 5.08. The molecule has 0 amide bonds. The summed E-state index contributed by atoms with van der Waals surface area (Å²) in [5.41, 5.74) is 2.51. The molecule has 1 aromatic carbocycles.